The van der Waals surface area contributed by atoms with Gasteiger partial charge in [0, 0.05) is 50.7 Å². The number of hydrogen-bond acceptors (Lipinski definition) is 3. The van der Waals surface area contributed by atoms with Crippen molar-refractivity contribution in [3.05, 3.63) is 152 Å². The van der Waals surface area contributed by atoms with Crippen LogP contribution in [-0.2, 0) is 0 Å². The van der Waals surface area contributed by atoms with Crippen molar-refractivity contribution >= 4 is 71.7 Å². The van der Waals surface area contributed by atoms with Crippen LogP contribution in [0, 0.1) is 0 Å². The zero-order chi connectivity index (χ0) is 28.3. The van der Waals surface area contributed by atoms with E-state index in [1.165, 1.54) is 21.9 Å². The summed E-state index contributed by atoms with van der Waals surface area (Å²) in [6.45, 7) is 0. The number of rotatable bonds is 4. The third-order valence-corrected chi connectivity index (χ3v) is 8.46. The van der Waals surface area contributed by atoms with E-state index in [-0.39, 0.29) is 0 Å². The molecule has 3 nitrogen and oxygen atoms in total. The Balaban J connectivity index is 1.23. The molecule has 7 aromatic carbocycles. The van der Waals surface area contributed by atoms with Gasteiger partial charge in [-0.05, 0) is 70.4 Å². The third kappa shape index (κ3) is 3.83. The molecule has 0 saturated heterocycles. The molecule has 0 radical (unpaired) electrons. The summed E-state index contributed by atoms with van der Waals surface area (Å²) >= 11 is 0. The molecule has 0 unspecified atom stereocenters. The van der Waals surface area contributed by atoms with Crippen LogP contribution in [0.5, 0.6) is 0 Å². The van der Waals surface area contributed by atoms with Crippen molar-refractivity contribution in [2.45, 2.75) is 0 Å². The fourth-order valence-electron chi connectivity index (χ4n) is 6.41. The molecule has 0 atom stereocenters. The van der Waals surface area contributed by atoms with Gasteiger partial charge in [-0.15, -0.1) is 0 Å². The molecule has 0 spiro atoms. The lowest BCUT2D eigenvalue weighted by Crippen LogP contribution is -2.09. The molecule has 0 aliphatic heterocycles. The predicted octanol–water partition coefficient (Wildman–Crippen LogP) is 11.8. The Kier molecular flexibility index (Phi) is 5.20. The van der Waals surface area contributed by atoms with E-state index in [0.717, 1.165) is 60.9 Å². The summed E-state index contributed by atoms with van der Waals surface area (Å²) in [5.41, 5.74) is 8.96. The van der Waals surface area contributed by atoms with Crippen LogP contribution in [-0.4, -0.2) is 0 Å². The summed E-state index contributed by atoms with van der Waals surface area (Å²) in [6.07, 6.45) is 0. The van der Waals surface area contributed by atoms with E-state index in [0.29, 0.717) is 0 Å². The highest BCUT2D eigenvalue weighted by atomic mass is 16.3. The van der Waals surface area contributed by atoms with E-state index in [1.807, 2.05) is 18.2 Å². The van der Waals surface area contributed by atoms with Crippen LogP contribution in [0.4, 0.5) is 17.1 Å². The standard InChI is InChI=1S/C40H25NO2/c1-2-8-26(9-3-1)27-14-17-29(18-15-27)41(30-19-21-34-33-12-6-7-13-36(33)42-38(34)24-30)31-20-22-35-39(25-31)43-37-23-16-28-10-4-5-11-32(28)40(35)37/h1-25H. The Morgan fingerprint density at radius 2 is 0.930 bits per heavy atom. The first kappa shape index (κ1) is 23.9. The largest absolute Gasteiger partial charge is 0.456 e. The first-order valence-corrected chi connectivity index (χ1v) is 14.5. The number of nitrogens with zero attached hydrogens (tertiary/aromatic N) is 1. The molecule has 0 aliphatic carbocycles. The second-order valence-corrected chi connectivity index (χ2v) is 11.0. The normalized spacial score (nSPS) is 11.7. The van der Waals surface area contributed by atoms with E-state index in [2.05, 4.69) is 138 Å². The lowest BCUT2D eigenvalue weighted by atomic mass is 10.0. The number of para-hydroxylation sites is 1. The minimum atomic E-state index is 0.861. The Bertz CT molecular complexity index is 2450. The van der Waals surface area contributed by atoms with Gasteiger partial charge in [-0.1, -0.05) is 91.0 Å². The van der Waals surface area contributed by atoms with Crippen LogP contribution in [0.15, 0.2) is 160 Å². The fraction of sp³-hybridized carbons (Fsp3) is 0. The van der Waals surface area contributed by atoms with E-state index >= 15 is 0 Å². The van der Waals surface area contributed by atoms with Crippen molar-refractivity contribution in [3.63, 3.8) is 0 Å². The van der Waals surface area contributed by atoms with Gasteiger partial charge in [-0.3, -0.25) is 0 Å². The number of anilines is 3. The molecule has 9 aromatic rings. The lowest BCUT2D eigenvalue weighted by Gasteiger charge is -2.25. The Morgan fingerprint density at radius 3 is 1.74 bits per heavy atom. The van der Waals surface area contributed by atoms with Crippen molar-refractivity contribution in [2.24, 2.45) is 0 Å². The van der Waals surface area contributed by atoms with Gasteiger partial charge < -0.3 is 13.7 Å². The Labute approximate surface area is 247 Å². The Hall–Kier alpha value is -5.80. The van der Waals surface area contributed by atoms with Crippen LogP contribution in [0.3, 0.4) is 0 Å². The highest BCUT2D eigenvalue weighted by Crippen LogP contribution is 2.42. The van der Waals surface area contributed by atoms with Crippen molar-refractivity contribution in [3.8, 4) is 11.1 Å². The van der Waals surface area contributed by atoms with Gasteiger partial charge in [-0.2, -0.15) is 0 Å². The van der Waals surface area contributed by atoms with Gasteiger partial charge in [-0.25, -0.2) is 0 Å². The second kappa shape index (κ2) is 9.37. The van der Waals surface area contributed by atoms with Crippen LogP contribution < -0.4 is 4.90 Å². The van der Waals surface area contributed by atoms with Gasteiger partial charge in [0.15, 0.2) is 0 Å². The van der Waals surface area contributed by atoms with Crippen LogP contribution in [0.2, 0.25) is 0 Å². The maximum Gasteiger partial charge on any atom is 0.137 e. The topological polar surface area (TPSA) is 29.5 Å². The van der Waals surface area contributed by atoms with E-state index in [4.69, 9.17) is 8.83 Å². The van der Waals surface area contributed by atoms with Gasteiger partial charge in [0.1, 0.15) is 22.3 Å². The van der Waals surface area contributed by atoms with Crippen LogP contribution in [0.25, 0.3) is 65.8 Å². The molecule has 202 valence electrons. The monoisotopic (exact) mass is 551 g/mol. The first-order valence-electron chi connectivity index (χ1n) is 14.5. The van der Waals surface area contributed by atoms with Crippen molar-refractivity contribution in [1.82, 2.24) is 0 Å². The van der Waals surface area contributed by atoms with Crippen molar-refractivity contribution in [1.29, 1.82) is 0 Å². The average Bonchev–Trinajstić information content (AvgIpc) is 3.63. The first-order chi connectivity index (χ1) is 21.3. The lowest BCUT2D eigenvalue weighted by molar-refractivity contribution is 0.669. The van der Waals surface area contributed by atoms with Crippen LogP contribution >= 0.6 is 0 Å². The molecule has 0 saturated carbocycles. The maximum atomic E-state index is 6.47. The average molecular weight is 552 g/mol. The molecule has 0 bridgehead atoms. The zero-order valence-electron chi connectivity index (χ0n) is 23.2. The minimum absolute atomic E-state index is 0.861. The minimum Gasteiger partial charge on any atom is -0.456 e. The fourth-order valence-corrected chi connectivity index (χ4v) is 6.41. The molecule has 0 aliphatic rings. The van der Waals surface area contributed by atoms with E-state index in [1.54, 1.807) is 0 Å². The third-order valence-electron chi connectivity index (χ3n) is 8.46. The zero-order valence-corrected chi connectivity index (χ0v) is 23.2. The molecule has 0 N–H and O–H groups in total. The number of benzene rings is 7. The van der Waals surface area contributed by atoms with E-state index < -0.39 is 0 Å². The molecule has 0 amide bonds. The quantitative estimate of drug-likeness (QED) is 0.218. The van der Waals surface area contributed by atoms with Crippen molar-refractivity contribution in [2.75, 3.05) is 4.90 Å². The summed E-state index contributed by atoms with van der Waals surface area (Å²) in [7, 11) is 0. The summed E-state index contributed by atoms with van der Waals surface area (Å²) in [5.74, 6) is 0. The van der Waals surface area contributed by atoms with Gasteiger partial charge >= 0.3 is 0 Å². The highest BCUT2D eigenvalue weighted by molar-refractivity contribution is 6.19. The second-order valence-electron chi connectivity index (χ2n) is 11.0. The maximum absolute atomic E-state index is 6.47. The number of furan rings is 2. The Morgan fingerprint density at radius 1 is 0.349 bits per heavy atom. The molecule has 9 rings (SSSR count). The van der Waals surface area contributed by atoms with E-state index in [9.17, 15) is 0 Å². The molecular weight excluding hydrogens is 526 g/mol. The summed E-state index contributed by atoms with van der Waals surface area (Å²) in [6, 6.07) is 53.1. The summed E-state index contributed by atoms with van der Waals surface area (Å²) in [4.78, 5) is 2.27. The van der Waals surface area contributed by atoms with Gasteiger partial charge in [0.2, 0.25) is 0 Å². The van der Waals surface area contributed by atoms with Crippen molar-refractivity contribution < 1.29 is 8.83 Å². The molecule has 2 heterocycles. The van der Waals surface area contributed by atoms with Gasteiger partial charge in [0.25, 0.3) is 0 Å². The summed E-state index contributed by atoms with van der Waals surface area (Å²) < 4.78 is 12.8. The number of fused-ring (bicyclic) bond motifs is 8. The smallest absolute Gasteiger partial charge is 0.137 e. The molecule has 3 heteroatoms. The molecule has 43 heavy (non-hydrogen) atoms. The number of hydrogen-bond donors (Lipinski definition) is 0. The SMILES string of the molecule is c1ccc(-c2ccc(N(c3ccc4c(c3)oc3ccccc34)c3ccc4c(c3)oc3ccc5ccccc5c34)cc2)cc1. The summed E-state index contributed by atoms with van der Waals surface area (Å²) in [5, 5.41) is 6.91. The highest BCUT2D eigenvalue weighted by Gasteiger charge is 2.18. The predicted molar refractivity (Wildman–Crippen MR) is 179 cm³/mol. The molecule has 2 aromatic heterocycles. The van der Waals surface area contributed by atoms with Gasteiger partial charge in [0.05, 0.1) is 0 Å². The molecular formula is C40H25NO2. The molecule has 0 fully saturated rings. The van der Waals surface area contributed by atoms with Crippen LogP contribution in [0.1, 0.15) is 0 Å².